The van der Waals surface area contributed by atoms with Gasteiger partial charge in [-0.3, -0.25) is 0 Å². The number of carbonyl (C=O) groups excluding carboxylic acids is 2. The number of hydrogen-bond acceptors (Lipinski definition) is 4. The Morgan fingerprint density at radius 2 is 1.86 bits per heavy atom. The fraction of sp³-hybridized carbons (Fsp3) is 0.222. The smallest absolute Gasteiger partial charge is 0.337 e. The van der Waals surface area contributed by atoms with E-state index in [2.05, 4.69) is 4.74 Å². The third-order valence-electron chi connectivity index (χ3n) is 3.20. The zero-order valence-corrected chi connectivity index (χ0v) is 12.5. The van der Waals surface area contributed by atoms with Crippen molar-refractivity contribution in [2.45, 2.75) is 19.4 Å². The summed E-state index contributed by atoms with van der Waals surface area (Å²) in [6.45, 7) is 0.402. The number of aldehydes is 1. The molecular formula is C18H18O4. The maximum atomic E-state index is 11.5. The first-order valence-corrected chi connectivity index (χ1v) is 7.05. The van der Waals surface area contributed by atoms with Crippen LogP contribution in [0.5, 0.6) is 5.75 Å². The number of rotatable bonds is 7. The summed E-state index contributed by atoms with van der Waals surface area (Å²) in [5.41, 5.74) is 2.59. The molecule has 0 aliphatic carbocycles. The van der Waals surface area contributed by atoms with Crippen LogP contribution in [0.2, 0.25) is 0 Å². The lowest BCUT2D eigenvalue weighted by Crippen LogP contribution is -2.02. The van der Waals surface area contributed by atoms with E-state index in [1.165, 1.54) is 7.11 Å². The van der Waals surface area contributed by atoms with Crippen LogP contribution in [0.3, 0.4) is 0 Å². The minimum Gasteiger partial charge on any atom is -0.489 e. The van der Waals surface area contributed by atoms with Crippen molar-refractivity contribution < 1.29 is 19.1 Å². The lowest BCUT2D eigenvalue weighted by Gasteiger charge is -2.08. The lowest BCUT2D eigenvalue weighted by molar-refractivity contribution is -0.107. The van der Waals surface area contributed by atoms with Gasteiger partial charge in [-0.05, 0) is 35.7 Å². The predicted molar refractivity (Wildman–Crippen MR) is 82.9 cm³/mol. The Morgan fingerprint density at radius 1 is 1.09 bits per heavy atom. The molecule has 0 bridgehead atoms. The second-order valence-electron chi connectivity index (χ2n) is 4.83. The van der Waals surface area contributed by atoms with Crippen molar-refractivity contribution in [1.82, 2.24) is 0 Å². The average molecular weight is 298 g/mol. The van der Waals surface area contributed by atoms with Gasteiger partial charge in [-0.2, -0.15) is 0 Å². The van der Waals surface area contributed by atoms with Gasteiger partial charge in [0, 0.05) is 6.42 Å². The van der Waals surface area contributed by atoms with E-state index in [1.807, 2.05) is 24.3 Å². The van der Waals surface area contributed by atoms with Crippen molar-refractivity contribution in [1.29, 1.82) is 0 Å². The molecule has 114 valence electrons. The molecule has 2 aromatic carbocycles. The van der Waals surface area contributed by atoms with Crippen molar-refractivity contribution in [3.8, 4) is 5.75 Å². The van der Waals surface area contributed by atoms with E-state index in [4.69, 9.17) is 4.74 Å². The van der Waals surface area contributed by atoms with Gasteiger partial charge in [0.15, 0.2) is 0 Å². The van der Waals surface area contributed by atoms with Crippen LogP contribution in [0, 0.1) is 0 Å². The molecule has 0 N–H and O–H groups in total. The lowest BCUT2D eigenvalue weighted by atomic mass is 10.1. The highest BCUT2D eigenvalue weighted by atomic mass is 16.5. The van der Waals surface area contributed by atoms with Crippen molar-refractivity contribution in [3.05, 3.63) is 65.2 Å². The molecule has 0 fully saturated rings. The summed E-state index contributed by atoms with van der Waals surface area (Å²) in [5.74, 6) is 0.225. The van der Waals surface area contributed by atoms with Gasteiger partial charge in [-0.1, -0.05) is 30.3 Å². The van der Waals surface area contributed by atoms with E-state index in [-0.39, 0.29) is 5.97 Å². The van der Waals surface area contributed by atoms with Crippen molar-refractivity contribution >= 4 is 12.3 Å². The molecule has 0 amide bonds. The number of aryl methyl sites for hydroxylation is 1. The first-order chi connectivity index (χ1) is 10.7. The van der Waals surface area contributed by atoms with Gasteiger partial charge in [0.05, 0.1) is 12.7 Å². The highest BCUT2D eigenvalue weighted by Gasteiger charge is 2.06. The van der Waals surface area contributed by atoms with Gasteiger partial charge < -0.3 is 14.3 Å². The number of hydrogen-bond donors (Lipinski definition) is 0. The molecule has 2 aromatic rings. The Morgan fingerprint density at radius 3 is 2.64 bits per heavy atom. The second-order valence-corrected chi connectivity index (χ2v) is 4.83. The first kappa shape index (κ1) is 15.8. The molecule has 0 aromatic heterocycles. The number of methoxy groups -OCH3 is 1. The molecule has 2 rings (SSSR count). The van der Waals surface area contributed by atoms with Crippen molar-refractivity contribution in [2.75, 3.05) is 7.11 Å². The molecule has 0 aliphatic rings. The molecular weight excluding hydrogens is 280 g/mol. The monoisotopic (exact) mass is 298 g/mol. The largest absolute Gasteiger partial charge is 0.489 e. The van der Waals surface area contributed by atoms with Crippen molar-refractivity contribution in [2.24, 2.45) is 0 Å². The number of carbonyl (C=O) groups is 2. The van der Waals surface area contributed by atoms with Gasteiger partial charge in [0.25, 0.3) is 0 Å². The summed E-state index contributed by atoms with van der Waals surface area (Å²) in [7, 11) is 1.35. The standard InChI is InChI=1S/C18H18O4/c1-21-18(20)16-8-3-9-17(12-16)22-13-15-6-2-5-14(11-15)7-4-10-19/h2-3,5-6,8-12H,4,7,13H2,1H3. The molecule has 0 aliphatic heterocycles. The Balaban J connectivity index is 2.00. The molecule has 22 heavy (non-hydrogen) atoms. The summed E-state index contributed by atoms with van der Waals surface area (Å²) in [6, 6.07) is 14.8. The SMILES string of the molecule is COC(=O)c1cccc(OCc2cccc(CCC=O)c2)c1. The predicted octanol–water partition coefficient (Wildman–Crippen LogP) is 3.18. The summed E-state index contributed by atoms with van der Waals surface area (Å²) < 4.78 is 10.4. The van der Waals surface area contributed by atoms with Gasteiger partial charge in [0.1, 0.15) is 18.6 Å². The van der Waals surface area contributed by atoms with Crippen LogP contribution in [0.15, 0.2) is 48.5 Å². The van der Waals surface area contributed by atoms with Gasteiger partial charge in [-0.15, -0.1) is 0 Å². The zero-order valence-electron chi connectivity index (χ0n) is 12.5. The molecule has 0 saturated carbocycles. The number of benzene rings is 2. The molecule has 0 spiro atoms. The van der Waals surface area contributed by atoms with Crippen LogP contribution >= 0.6 is 0 Å². The summed E-state index contributed by atoms with van der Waals surface area (Å²) in [4.78, 5) is 21.9. The molecule has 0 unspecified atom stereocenters. The topological polar surface area (TPSA) is 52.6 Å². The number of esters is 1. The van der Waals surface area contributed by atoms with Crippen LogP contribution < -0.4 is 4.74 Å². The fourth-order valence-corrected chi connectivity index (χ4v) is 2.10. The molecule has 4 heteroatoms. The van der Waals surface area contributed by atoms with E-state index >= 15 is 0 Å². The molecule has 0 saturated heterocycles. The van der Waals surface area contributed by atoms with E-state index in [1.54, 1.807) is 24.3 Å². The fourth-order valence-electron chi connectivity index (χ4n) is 2.10. The summed E-state index contributed by atoms with van der Waals surface area (Å²) in [5, 5.41) is 0. The molecule has 4 nitrogen and oxygen atoms in total. The Bertz CT molecular complexity index is 649. The molecule has 0 radical (unpaired) electrons. The van der Waals surface area contributed by atoms with Crippen LogP contribution in [0.1, 0.15) is 27.9 Å². The van der Waals surface area contributed by atoms with Crippen LogP contribution in [-0.2, 0) is 22.6 Å². The minimum atomic E-state index is -0.388. The first-order valence-electron chi connectivity index (χ1n) is 7.05. The van der Waals surface area contributed by atoms with E-state index in [0.29, 0.717) is 24.3 Å². The Kier molecular flexibility index (Phi) is 5.72. The van der Waals surface area contributed by atoms with E-state index in [0.717, 1.165) is 23.8 Å². The van der Waals surface area contributed by atoms with E-state index < -0.39 is 0 Å². The van der Waals surface area contributed by atoms with Crippen LogP contribution in [-0.4, -0.2) is 19.4 Å². The van der Waals surface area contributed by atoms with Crippen LogP contribution in [0.25, 0.3) is 0 Å². The highest BCUT2D eigenvalue weighted by Crippen LogP contribution is 2.16. The molecule has 0 atom stereocenters. The van der Waals surface area contributed by atoms with Gasteiger partial charge >= 0.3 is 5.97 Å². The highest BCUT2D eigenvalue weighted by molar-refractivity contribution is 5.89. The Hall–Kier alpha value is -2.62. The quantitative estimate of drug-likeness (QED) is 0.582. The van der Waals surface area contributed by atoms with Crippen molar-refractivity contribution in [3.63, 3.8) is 0 Å². The Labute approximate surface area is 129 Å². The maximum absolute atomic E-state index is 11.5. The number of ether oxygens (including phenoxy) is 2. The normalized spacial score (nSPS) is 10.0. The maximum Gasteiger partial charge on any atom is 0.337 e. The van der Waals surface area contributed by atoms with E-state index in [9.17, 15) is 9.59 Å². The van der Waals surface area contributed by atoms with Crippen LogP contribution in [0.4, 0.5) is 0 Å². The van der Waals surface area contributed by atoms with Gasteiger partial charge in [-0.25, -0.2) is 4.79 Å². The van der Waals surface area contributed by atoms with Gasteiger partial charge in [0.2, 0.25) is 0 Å². The zero-order chi connectivity index (χ0) is 15.8. The average Bonchev–Trinajstić information content (AvgIpc) is 2.58. The minimum absolute atomic E-state index is 0.388. The second kappa shape index (κ2) is 7.98. The third kappa shape index (κ3) is 4.45. The molecule has 0 heterocycles. The third-order valence-corrected chi connectivity index (χ3v) is 3.20. The summed E-state index contributed by atoms with van der Waals surface area (Å²) in [6.07, 6.45) is 2.17. The summed E-state index contributed by atoms with van der Waals surface area (Å²) >= 11 is 0.